The summed E-state index contributed by atoms with van der Waals surface area (Å²) in [4.78, 5) is 3.91. The lowest BCUT2D eigenvalue weighted by Gasteiger charge is -1.96. The highest BCUT2D eigenvalue weighted by Crippen LogP contribution is 2.14. The summed E-state index contributed by atoms with van der Waals surface area (Å²) in [5.74, 6) is 0.591. The van der Waals surface area contributed by atoms with E-state index in [1.165, 1.54) is 0 Å². The predicted octanol–water partition coefficient (Wildman–Crippen LogP) is 3.08. The molecule has 5 heteroatoms. The largest absolute Gasteiger partial charge is 0.321 e. The lowest BCUT2D eigenvalue weighted by molar-refractivity contribution is 0.413. The van der Waals surface area contributed by atoms with Crippen molar-refractivity contribution in [3.05, 3.63) is 45.5 Å². The normalized spacial score (nSPS) is 10.4. The predicted molar refractivity (Wildman–Crippen MR) is 56.3 cm³/mol. The minimum atomic E-state index is 0.0787. The number of hydrogen-bond acceptors (Lipinski definition) is 3. The standard InChI is InChI=1S/C9H6BrClN2O/c10-7-3-1-2-6(4-7)5-8-12-9(11)14-13-8/h1-4H,5H2. The van der Waals surface area contributed by atoms with Crippen LogP contribution in [0, 0.1) is 0 Å². The molecule has 0 amide bonds. The Morgan fingerprint density at radius 2 is 2.29 bits per heavy atom. The molecule has 14 heavy (non-hydrogen) atoms. The fourth-order valence-electron chi connectivity index (χ4n) is 1.13. The number of aromatic nitrogens is 2. The third-order valence-corrected chi connectivity index (χ3v) is 2.34. The first kappa shape index (κ1) is 9.68. The van der Waals surface area contributed by atoms with Gasteiger partial charge in [0, 0.05) is 10.9 Å². The molecule has 2 rings (SSSR count). The first-order valence-corrected chi connectivity index (χ1v) is 5.13. The molecule has 1 aromatic carbocycles. The Kier molecular flexibility index (Phi) is 2.84. The highest BCUT2D eigenvalue weighted by atomic mass is 79.9. The molecule has 72 valence electrons. The smallest absolute Gasteiger partial charge is 0.320 e. The van der Waals surface area contributed by atoms with Gasteiger partial charge in [-0.05, 0) is 29.3 Å². The molecule has 0 aliphatic carbocycles. The van der Waals surface area contributed by atoms with Gasteiger partial charge in [0.1, 0.15) is 0 Å². The molecule has 0 bridgehead atoms. The minimum Gasteiger partial charge on any atom is -0.321 e. The zero-order chi connectivity index (χ0) is 9.97. The molecule has 0 aliphatic heterocycles. The number of rotatable bonds is 2. The van der Waals surface area contributed by atoms with E-state index in [-0.39, 0.29) is 5.35 Å². The highest BCUT2D eigenvalue weighted by molar-refractivity contribution is 9.10. The summed E-state index contributed by atoms with van der Waals surface area (Å²) in [5, 5.41) is 3.79. The molecule has 0 aliphatic rings. The maximum absolute atomic E-state index is 5.51. The van der Waals surface area contributed by atoms with E-state index in [0.717, 1.165) is 10.0 Å². The van der Waals surface area contributed by atoms with Crippen molar-refractivity contribution in [2.75, 3.05) is 0 Å². The molecule has 0 saturated heterocycles. The third-order valence-electron chi connectivity index (χ3n) is 1.69. The fraction of sp³-hybridized carbons (Fsp3) is 0.111. The molecule has 0 N–H and O–H groups in total. The summed E-state index contributed by atoms with van der Waals surface area (Å²) in [6, 6.07) is 7.92. The van der Waals surface area contributed by atoms with E-state index in [4.69, 9.17) is 11.6 Å². The summed E-state index contributed by atoms with van der Waals surface area (Å²) in [5.41, 5.74) is 1.11. The van der Waals surface area contributed by atoms with E-state index in [1.807, 2.05) is 24.3 Å². The lowest BCUT2D eigenvalue weighted by atomic mass is 10.1. The van der Waals surface area contributed by atoms with Gasteiger partial charge in [0.05, 0.1) is 0 Å². The van der Waals surface area contributed by atoms with Crippen LogP contribution >= 0.6 is 27.5 Å². The van der Waals surface area contributed by atoms with Crippen LogP contribution in [-0.4, -0.2) is 10.1 Å². The van der Waals surface area contributed by atoms with Gasteiger partial charge in [-0.15, -0.1) is 0 Å². The van der Waals surface area contributed by atoms with E-state index in [9.17, 15) is 0 Å². The zero-order valence-electron chi connectivity index (χ0n) is 7.08. The summed E-state index contributed by atoms with van der Waals surface area (Å²) < 4.78 is 5.69. The van der Waals surface area contributed by atoms with Crippen LogP contribution in [0.2, 0.25) is 5.35 Å². The molecule has 1 aromatic heterocycles. The van der Waals surface area contributed by atoms with E-state index in [2.05, 4.69) is 30.6 Å². The van der Waals surface area contributed by atoms with Crippen LogP contribution in [0.1, 0.15) is 11.4 Å². The average molecular weight is 274 g/mol. The molecule has 0 fully saturated rings. The van der Waals surface area contributed by atoms with Gasteiger partial charge in [-0.1, -0.05) is 33.2 Å². The minimum absolute atomic E-state index is 0.0787. The molecule has 0 atom stereocenters. The summed E-state index contributed by atoms with van der Waals surface area (Å²) in [6.45, 7) is 0. The molecule has 3 nitrogen and oxygen atoms in total. The topological polar surface area (TPSA) is 38.9 Å². The lowest BCUT2D eigenvalue weighted by Crippen LogP contribution is -1.90. The van der Waals surface area contributed by atoms with E-state index in [0.29, 0.717) is 12.2 Å². The quantitative estimate of drug-likeness (QED) is 0.844. The van der Waals surface area contributed by atoms with Crippen LogP contribution in [0.15, 0.2) is 33.3 Å². The van der Waals surface area contributed by atoms with Crippen LogP contribution in [0.5, 0.6) is 0 Å². The van der Waals surface area contributed by atoms with Gasteiger partial charge in [0.15, 0.2) is 5.82 Å². The Labute approximate surface area is 94.2 Å². The first-order valence-electron chi connectivity index (χ1n) is 3.96. The van der Waals surface area contributed by atoms with Gasteiger partial charge in [0.2, 0.25) is 0 Å². The van der Waals surface area contributed by atoms with Crippen LogP contribution < -0.4 is 0 Å². The monoisotopic (exact) mass is 272 g/mol. The Morgan fingerprint density at radius 1 is 1.43 bits per heavy atom. The van der Waals surface area contributed by atoms with Crippen LogP contribution in [0.25, 0.3) is 0 Å². The summed E-state index contributed by atoms with van der Waals surface area (Å²) in [7, 11) is 0. The van der Waals surface area contributed by atoms with E-state index < -0.39 is 0 Å². The Bertz CT molecular complexity index is 444. The van der Waals surface area contributed by atoms with Gasteiger partial charge in [-0.25, -0.2) is 0 Å². The maximum Gasteiger partial charge on any atom is 0.320 e. The van der Waals surface area contributed by atoms with Gasteiger partial charge in [-0.2, -0.15) is 4.98 Å². The molecule has 0 radical (unpaired) electrons. The van der Waals surface area contributed by atoms with Gasteiger partial charge >= 0.3 is 5.35 Å². The molecule has 1 heterocycles. The SMILES string of the molecule is Clc1nc(Cc2cccc(Br)c2)no1. The van der Waals surface area contributed by atoms with Crippen molar-refractivity contribution in [1.82, 2.24) is 10.1 Å². The van der Waals surface area contributed by atoms with Crippen molar-refractivity contribution in [3.8, 4) is 0 Å². The molecular formula is C9H6BrClN2O. The van der Waals surface area contributed by atoms with Crippen molar-refractivity contribution < 1.29 is 4.52 Å². The number of benzene rings is 1. The van der Waals surface area contributed by atoms with Crippen molar-refractivity contribution >= 4 is 27.5 Å². The summed E-state index contributed by atoms with van der Waals surface area (Å²) >= 11 is 8.90. The molecule has 2 aromatic rings. The Hall–Kier alpha value is -0.870. The van der Waals surface area contributed by atoms with Crippen molar-refractivity contribution in [3.63, 3.8) is 0 Å². The van der Waals surface area contributed by atoms with E-state index >= 15 is 0 Å². The second-order valence-corrected chi connectivity index (χ2v) is 4.01. The maximum atomic E-state index is 5.51. The van der Waals surface area contributed by atoms with Crippen molar-refractivity contribution in [2.45, 2.75) is 6.42 Å². The molecule has 0 saturated carbocycles. The second kappa shape index (κ2) is 4.11. The van der Waals surface area contributed by atoms with E-state index in [1.54, 1.807) is 0 Å². The summed E-state index contributed by atoms with van der Waals surface area (Å²) in [6.07, 6.45) is 0.621. The number of halogens is 2. The van der Waals surface area contributed by atoms with Crippen LogP contribution in [0.4, 0.5) is 0 Å². The van der Waals surface area contributed by atoms with Gasteiger partial charge < -0.3 is 4.52 Å². The van der Waals surface area contributed by atoms with Crippen molar-refractivity contribution in [1.29, 1.82) is 0 Å². The van der Waals surface area contributed by atoms with Gasteiger partial charge in [-0.3, -0.25) is 0 Å². The third kappa shape index (κ3) is 2.33. The van der Waals surface area contributed by atoms with Crippen LogP contribution in [-0.2, 0) is 6.42 Å². The number of nitrogens with zero attached hydrogens (tertiary/aromatic N) is 2. The zero-order valence-corrected chi connectivity index (χ0v) is 9.42. The second-order valence-electron chi connectivity index (χ2n) is 2.77. The fourth-order valence-corrected chi connectivity index (χ4v) is 1.71. The Morgan fingerprint density at radius 3 is 2.93 bits per heavy atom. The van der Waals surface area contributed by atoms with Crippen molar-refractivity contribution in [2.24, 2.45) is 0 Å². The molecular weight excluding hydrogens is 267 g/mol. The van der Waals surface area contributed by atoms with Crippen LogP contribution in [0.3, 0.4) is 0 Å². The first-order chi connectivity index (χ1) is 6.74. The molecule has 0 spiro atoms. The van der Waals surface area contributed by atoms with Gasteiger partial charge in [0.25, 0.3) is 0 Å². The highest BCUT2D eigenvalue weighted by Gasteiger charge is 2.04. The average Bonchev–Trinajstić information content (AvgIpc) is 2.51. The molecule has 0 unspecified atom stereocenters. The Balaban J connectivity index is 2.18. The number of hydrogen-bond donors (Lipinski definition) is 0.